The monoisotopic (exact) mass is 532 g/mol. The number of anilines is 2. The van der Waals surface area contributed by atoms with Crippen molar-refractivity contribution in [3.8, 4) is 11.5 Å². The molecule has 0 spiro atoms. The van der Waals surface area contributed by atoms with Gasteiger partial charge in [-0.25, -0.2) is 0 Å². The molecule has 1 aliphatic heterocycles. The predicted octanol–water partition coefficient (Wildman–Crippen LogP) is 6.30. The minimum atomic E-state index is -0.273. The summed E-state index contributed by atoms with van der Waals surface area (Å²) in [6, 6.07) is 18.8. The molecule has 0 radical (unpaired) electrons. The molecule has 8 heteroatoms. The molecule has 1 N–H and O–H groups in total. The Hall–Kier alpha value is -3.62. The van der Waals surface area contributed by atoms with E-state index in [1.807, 2.05) is 62.4 Å². The van der Waals surface area contributed by atoms with Crippen LogP contribution in [0.25, 0.3) is 6.08 Å². The van der Waals surface area contributed by atoms with E-state index >= 15 is 0 Å². The van der Waals surface area contributed by atoms with Crippen molar-refractivity contribution >= 4 is 57.6 Å². The molecule has 0 unspecified atom stereocenters. The average Bonchev–Trinajstić information content (AvgIpc) is 3.17. The Kier molecular flexibility index (Phi) is 8.31. The molecule has 0 atom stereocenters. The maximum absolute atomic E-state index is 13.2. The number of nitrogens with zero attached hydrogens (tertiary/aromatic N) is 1. The summed E-state index contributed by atoms with van der Waals surface area (Å²) < 4.78 is 11.7. The summed E-state index contributed by atoms with van der Waals surface area (Å²) in [5, 5.41) is 2.82. The summed E-state index contributed by atoms with van der Waals surface area (Å²) in [4.78, 5) is 27.6. The number of thioether (sulfide) groups is 1. The van der Waals surface area contributed by atoms with Crippen LogP contribution in [0.15, 0.2) is 65.6 Å². The molecule has 0 aromatic heterocycles. The van der Waals surface area contributed by atoms with Gasteiger partial charge in [-0.15, -0.1) is 0 Å². The van der Waals surface area contributed by atoms with Crippen LogP contribution in [0.5, 0.6) is 11.5 Å². The van der Waals surface area contributed by atoms with Gasteiger partial charge in [0.25, 0.3) is 11.8 Å². The number of ether oxygens (including phenoxy) is 2. The summed E-state index contributed by atoms with van der Waals surface area (Å²) in [5.74, 6) is 0.448. The van der Waals surface area contributed by atoms with E-state index in [0.29, 0.717) is 26.4 Å². The van der Waals surface area contributed by atoms with Crippen molar-refractivity contribution < 1.29 is 19.1 Å². The van der Waals surface area contributed by atoms with E-state index in [-0.39, 0.29) is 18.4 Å². The van der Waals surface area contributed by atoms with E-state index in [1.54, 1.807) is 23.1 Å². The van der Waals surface area contributed by atoms with Gasteiger partial charge in [0, 0.05) is 5.69 Å². The second-order valence-electron chi connectivity index (χ2n) is 8.58. The lowest BCUT2D eigenvalue weighted by atomic mass is 10.1. The molecule has 0 bridgehead atoms. The highest BCUT2D eigenvalue weighted by molar-refractivity contribution is 8.27. The van der Waals surface area contributed by atoms with E-state index in [0.717, 1.165) is 28.8 Å². The van der Waals surface area contributed by atoms with Gasteiger partial charge in [-0.1, -0.05) is 55.2 Å². The quantitative estimate of drug-likeness (QED) is 0.271. The molecule has 190 valence electrons. The number of aryl methyl sites for hydroxylation is 3. The molecule has 1 saturated heterocycles. The smallest absolute Gasteiger partial charge is 0.270 e. The van der Waals surface area contributed by atoms with Crippen molar-refractivity contribution in [2.45, 2.75) is 27.2 Å². The number of benzene rings is 3. The summed E-state index contributed by atoms with van der Waals surface area (Å²) in [5.41, 5.74) is 5.68. The number of rotatable bonds is 8. The Balaban J connectivity index is 1.44. The third-order valence-electron chi connectivity index (χ3n) is 6.03. The van der Waals surface area contributed by atoms with Crippen molar-refractivity contribution in [1.82, 2.24) is 0 Å². The van der Waals surface area contributed by atoms with Crippen LogP contribution < -0.4 is 19.7 Å². The second kappa shape index (κ2) is 11.6. The van der Waals surface area contributed by atoms with Crippen LogP contribution in [0.4, 0.5) is 11.4 Å². The number of amides is 2. The zero-order valence-electron chi connectivity index (χ0n) is 21.2. The second-order valence-corrected chi connectivity index (χ2v) is 10.3. The van der Waals surface area contributed by atoms with Crippen LogP contribution in [0.1, 0.15) is 29.2 Å². The minimum absolute atomic E-state index is 0.166. The maximum atomic E-state index is 13.2. The van der Waals surface area contributed by atoms with E-state index in [2.05, 4.69) is 12.2 Å². The standard InChI is InChI=1S/C29H28N2O4S2/c1-5-20-7-10-22(11-8-20)30-27(32)17-35-24-13-9-21(15-25(24)34-4)16-26-28(33)31(29(36)37-26)23-12-6-18(2)19(3)14-23/h6-16H,5,17H2,1-4H3,(H,30,32)/b26-16-. The molecule has 6 nitrogen and oxygen atoms in total. The lowest BCUT2D eigenvalue weighted by molar-refractivity contribution is -0.118. The highest BCUT2D eigenvalue weighted by Gasteiger charge is 2.33. The van der Waals surface area contributed by atoms with E-state index in [9.17, 15) is 9.59 Å². The first-order chi connectivity index (χ1) is 17.8. The minimum Gasteiger partial charge on any atom is -0.493 e. The van der Waals surface area contributed by atoms with Gasteiger partial charge >= 0.3 is 0 Å². The molecule has 3 aromatic carbocycles. The molecule has 1 heterocycles. The van der Waals surface area contributed by atoms with Crippen molar-refractivity contribution in [1.29, 1.82) is 0 Å². The fraction of sp³-hybridized carbons (Fsp3) is 0.207. The summed E-state index contributed by atoms with van der Waals surface area (Å²) in [6.07, 6.45) is 2.72. The third-order valence-corrected chi connectivity index (χ3v) is 7.33. The number of methoxy groups -OCH3 is 1. The number of hydrogen-bond acceptors (Lipinski definition) is 6. The Morgan fingerprint density at radius 3 is 2.46 bits per heavy atom. The largest absolute Gasteiger partial charge is 0.493 e. The molecule has 2 amide bonds. The molecule has 0 aliphatic carbocycles. The summed E-state index contributed by atoms with van der Waals surface area (Å²) >= 11 is 6.76. The van der Waals surface area contributed by atoms with Gasteiger partial charge in [-0.05, 0) is 85.0 Å². The number of hydrogen-bond donors (Lipinski definition) is 1. The lowest BCUT2D eigenvalue weighted by Crippen LogP contribution is -2.27. The normalized spacial score (nSPS) is 14.3. The third kappa shape index (κ3) is 6.21. The van der Waals surface area contributed by atoms with Crippen LogP contribution in [0.3, 0.4) is 0 Å². The average molecular weight is 533 g/mol. The number of carbonyl (C=O) groups excluding carboxylic acids is 2. The number of thiocarbonyl (C=S) groups is 1. The van der Waals surface area contributed by atoms with Crippen molar-refractivity contribution in [3.05, 3.63) is 87.8 Å². The highest BCUT2D eigenvalue weighted by atomic mass is 32.2. The molecule has 1 aliphatic rings. The SMILES string of the molecule is CCc1ccc(NC(=O)COc2ccc(/C=C3\SC(=S)N(c4ccc(C)c(C)c4)C3=O)cc2OC)cc1. The number of nitrogens with one attached hydrogen (secondary N) is 1. The first-order valence-electron chi connectivity index (χ1n) is 11.8. The fourth-order valence-electron chi connectivity index (χ4n) is 3.76. The molecule has 4 rings (SSSR count). The predicted molar refractivity (Wildman–Crippen MR) is 155 cm³/mol. The fourth-order valence-corrected chi connectivity index (χ4v) is 5.06. The van der Waals surface area contributed by atoms with Crippen molar-refractivity contribution in [3.63, 3.8) is 0 Å². The van der Waals surface area contributed by atoms with Crippen LogP contribution >= 0.6 is 24.0 Å². The van der Waals surface area contributed by atoms with Gasteiger partial charge in [0.05, 0.1) is 17.7 Å². The number of carbonyl (C=O) groups is 2. The van der Waals surface area contributed by atoms with E-state index in [4.69, 9.17) is 21.7 Å². The molecule has 37 heavy (non-hydrogen) atoms. The van der Waals surface area contributed by atoms with Gasteiger partial charge in [-0.3, -0.25) is 14.5 Å². The van der Waals surface area contributed by atoms with Crippen molar-refractivity contribution in [2.75, 3.05) is 23.9 Å². The molecular weight excluding hydrogens is 504 g/mol. The zero-order chi connectivity index (χ0) is 26.5. The first-order valence-corrected chi connectivity index (χ1v) is 13.1. The lowest BCUT2D eigenvalue weighted by Gasteiger charge is -2.16. The van der Waals surface area contributed by atoms with Crippen LogP contribution in [-0.4, -0.2) is 29.9 Å². The molecule has 1 fully saturated rings. The van der Waals surface area contributed by atoms with Gasteiger partial charge < -0.3 is 14.8 Å². The van der Waals surface area contributed by atoms with Gasteiger partial charge in [0.2, 0.25) is 0 Å². The van der Waals surface area contributed by atoms with Gasteiger partial charge in [0.1, 0.15) is 0 Å². The van der Waals surface area contributed by atoms with Gasteiger partial charge in [0.15, 0.2) is 22.4 Å². The summed E-state index contributed by atoms with van der Waals surface area (Å²) in [6.45, 7) is 5.95. The van der Waals surface area contributed by atoms with Gasteiger partial charge in [-0.2, -0.15) is 0 Å². The Bertz CT molecular complexity index is 1380. The summed E-state index contributed by atoms with van der Waals surface area (Å²) in [7, 11) is 1.53. The topological polar surface area (TPSA) is 67.9 Å². The van der Waals surface area contributed by atoms with Crippen LogP contribution in [0.2, 0.25) is 0 Å². The molecular formula is C29H28N2O4S2. The highest BCUT2D eigenvalue weighted by Crippen LogP contribution is 2.37. The Labute approximate surface area is 226 Å². The van der Waals surface area contributed by atoms with E-state index in [1.165, 1.54) is 24.4 Å². The Morgan fingerprint density at radius 2 is 1.78 bits per heavy atom. The zero-order valence-corrected chi connectivity index (χ0v) is 22.8. The Morgan fingerprint density at radius 1 is 1.03 bits per heavy atom. The van der Waals surface area contributed by atoms with Crippen LogP contribution in [-0.2, 0) is 16.0 Å². The molecule has 0 saturated carbocycles. The maximum Gasteiger partial charge on any atom is 0.270 e. The molecule has 3 aromatic rings. The van der Waals surface area contributed by atoms with Crippen molar-refractivity contribution in [2.24, 2.45) is 0 Å². The first kappa shape index (κ1) is 26.4. The van der Waals surface area contributed by atoms with E-state index < -0.39 is 0 Å². The van der Waals surface area contributed by atoms with Crippen LogP contribution in [0, 0.1) is 13.8 Å².